The van der Waals surface area contributed by atoms with Crippen molar-refractivity contribution in [2.24, 2.45) is 0 Å². The number of aromatic amines is 1. The van der Waals surface area contributed by atoms with Gasteiger partial charge in [-0.05, 0) is 40.6 Å². The lowest BCUT2D eigenvalue weighted by Crippen LogP contribution is -2.05. The second-order valence-corrected chi connectivity index (χ2v) is 6.19. The van der Waals surface area contributed by atoms with Gasteiger partial charge in [0.15, 0.2) is 0 Å². The molecule has 1 aromatic carbocycles. The zero-order valence-corrected chi connectivity index (χ0v) is 13.7. The number of ether oxygens (including phenoxy) is 1. The molecule has 0 bridgehead atoms. The third-order valence-electron chi connectivity index (χ3n) is 3.85. The molecule has 120 valence electrons. The van der Waals surface area contributed by atoms with Gasteiger partial charge in [0.1, 0.15) is 11.6 Å². The van der Waals surface area contributed by atoms with Crippen molar-refractivity contribution in [1.82, 2.24) is 15.2 Å². The number of para-hydroxylation sites is 1. The predicted molar refractivity (Wildman–Crippen MR) is 97.3 cm³/mol. The number of hydrogen-bond acceptors (Lipinski definition) is 5. The van der Waals surface area contributed by atoms with E-state index in [9.17, 15) is 0 Å². The number of H-pyrrole nitrogens is 1. The lowest BCUT2D eigenvalue weighted by atomic mass is 10.1. The number of thiophene rings is 1. The van der Waals surface area contributed by atoms with E-state index < -0.39 is 0 Å². The monoisotopic (exact) mass is 336 g/mol. The van der Waals surface area contributed by atoms with Gasteiger partial charge in [-0.2, -0.15) is 16.4 Å². The van der Waals surface area contributed by atoms with Gasteiger partial charge in [0.25, 0.3) is 0 Å². The molecule has 3 N–H and O–H groups in total. The molecule has 0 aliphatic rings. The van der Waals surface area contributed by atoms with Crippen molar-refractivity contribution in [1.29, 1.82) is 0 Å². The Kier molecular flexibility index (Phi) is 3.88. The van der Waals surface area contributed by atoms with Crippen LogP contribution in [0.15, 0.2) is 53.4 Å². The van der Waals surface area contributed by atoms with Crippen LogP contribution >= 0.6 is 11.3 Å². The standard InChI is InChI=1S/C18H16N4OS/c19-18-16(15-5-8-20-22-15)17(13-3-1-2-4-14(13)21-18)23-9-6-12-7-10-24-11-12/h1-5,7-8,10-11H,6,9H2,(H2,19,21)(H,20,22). The van der Waals surface area contributed by atoms with E-state index in [1.807, 2.05) is 30.3 Å². The smallest absolute Gasteiger partial charge is 0.141 e. The fourth-order valence-corrected chi connectivity index (χ4v) is 3.41. The van der Waals surface area contributed by atoms with Crippen LogP contribution in [0.2, 0.25) is 0 Å². The fraction of sp³-hybridized carbons (Fsp3) is 0.111. The van der Waals surface area contributed by atoms with Crippen LogP contribution in [0, 0.1) is 0 Å². The van der Waals surface area contributed by atoms with E-state index in [2.05, 4.69) is 32.0 Å². The van der Waals surface area contributed by atoms with Gasteiger partial charge in [0.2, 0.25) is 0 Å². The van der Waals surface area contributed by atoms with Gasteiger partial charge in [0.05, 0.1) is 23.4 Å². The maximum Gasteiger partial charge on any atom is 0.141 e. The maximum absolute atomic E-state index is 6.20. The molecule has 0 fully saturated rings. The number of benzene rings is 1. The molecule has 0 amide bonds. The number of hydrogen-bond donors (Lipinski definition) is 2. The number of nitrogen functional groups attached to an aromatic ring is 1. The van der Waals surface area contributed by atoms with Gasteiger partial charge in [-0.15, -0.1) is 0 Å². The molecule has 4 aromatic rings. The molecule has 3 heterocycles. The van der Waals surface area contributed by atoms with Crippen molar-refractivity contribution in [2.45, 2.75) is 6.42 Å². The predicted octanol–water partition coefficient (Wildman–Crippen LogP) is 3.89. The molecular weight excluding hydrogens is 320 g/mol. The third-order valence-corrected chi connectivity index (χ3v) is 4.58. The quantitative estimate of drug-likeness (QED) is 0.579. The first-order chi connectivity index (χ1) is 11.8. The van der Waals surface area contributed by atoms with Crippen molar-refractivity contribution in [2.75, 3.05) is 12.3 Å². The Bertz CT molecular complexity index is 949. The van der Waals surface area contributed by atoms with Gasteiger partial charge in [-0.1, -0.05) is 12.1 Å². The highest BCUT2D eigenvalue weighted by Crippen LogP contribution is 2.38. The van der Waals surface area contributed by atoms with Gasteiger partial charge in [0, 0.05) is 18.0 Å². The highest BCUT2D eigenvalue weighted by Gasteiger charge is 2.18. The zero-order valence-electron chi connectivity index (χ0n) is 12.9. The maximum atomic E-state index is 6.20. The number of nitrogens with two attached hydrogens (primary N) is 1. The molecular formula is C18H16N4OS. The summed E-state index contributed by atoms with van der Waals surface area (Å²) in [6.45, 7) is 0.571. The van der Waals surface area contributed by atoms with E-state index in [-0.39, 0.29) is 0 Å². The van der Waals surface area contributed by atoms with E-state index in [1.165, 1.54) is 5.56 Å². The molecule has 0 saturated carbocycles. The number of rotatable bonds is 5. The highest BCUT2D eigenvalue weighted by molar-refractivity contribution is 7.07. The van der Waals surface area contributed by atoms with Crippen LogP contribution in [-0.4, -0.2) is 21.8 Å². The Morgan fingerprint density at radius 2 is 2.08 bits per heavy atom. The third kappa shape index (κ3) is 2.72. The molecule has 4 rings (SSSR count). The molecule has 0 aliphatic heterocycles. The summed E-state index contributed by atoms with van der Waals surface area (Å²) in [5.74, 6) is 1.16. The molecule has 5 nitrogen and oxygen atoms in total. The first-order valence-corrected chi connectivity index (χ1v) is 8.59. The largest absolute Gasteiger partial charge is 0.492 e. The van der Waals surface area contributed by atoms with Crippen LogP contribution in [-0.2, 0) is 6.42 Å². The Balaban J connectivity index is 1.76. The summed E-state index contributed by atoms with van der Waals surface area (Å²) in [5, 5.41) is 12.2. The summed E-state index contributed by atoms with van der Waals surface area (Å²) >= 11 is 1.69. The van der Waals surface area contributed by atoms with Gasteiger partial charge < -0.3 is 10.5 Å². The second-order valence-electron chi connectivity index (χ2n) is 5.41. The van der Waals surface area contributed by atoms with Crippen molar-refractivity contribution in [3.63, 3.8) is 0 Å². The molecule has 0 unspecified atom stereocenters. The van der Waals surface area contributed by atoms with Crippen molar-refractivity contribution in [3.8, 4) is 17.0 Å². The number of nitrogens with one attached hydrogen (secondary N) is 1. The van der Waals surface area contributed by atoms with Crippen LogP contribution < -0.4 is 10.5 Å². The summed E-state index contributed by atoms with van der Waals surface area (Å²) in [5.41, 5.74) is 9.76. The second kappa shape index (κ2) is 6.33. The number of nitrogens with zero attached hydrogens (tertiary/aromatic N) is 2. The molecule has 0 spiro atoms. The molecule has 0 atom stereocenters. The first-order valence-electron chi connectivity index (χ1n) is 7.65. The Morgan fingerprint density at radius 1 is 1.17 bits per heavy atom. The van der Waals surface area contributed by atoms with E-state index in [0.717, 1.165) is 34.3 Å². The van der Waals surface area contributed by atoms with E-state index in [1.54, 1.807) is 17.5 Å². The van der Waals surface area contributed by atoms with E-state index >= 15 is 0 Å². The average Bonchev–Trinajstić information content (AvgIpc) is 3.28. The summed E-state index contributed by atoms with van der Waals surface area (Å²) in [4.78, 5) is 4.50. The van der Waals surface area contributed by atoms with Gasteiger partial charge in [-0.25, -0.2) is 4.98 Å². The average molecular weight is 336 g/mol. The van der Waals surface area contributed by atoms with Crippen LogP contribution in [0.3, 0.4) is 0 Å². The minimum absolute atomic E-state index is 0.423. The number of fused-ring (bicyclic) bond motifs is 1. The molecule has 0 radical (unpaired) electrons. The lowest BCUT2D eigenvalue weighted by Gasteiger charge is -2.14. The number of aromatic nitrogens is 3. The van der Waals surface area contributed by atoms with Crippen molar-refractivity contribution in [3.05, 3.63) is 58.9 Å². The highest BCUT2D eigenvalue weighted by atomic mass is 32.1. The van der Waals surface area contributed by atoms with E-state index in [4.69, 9.17) is 10.5 Å². The Hall–Kier alpha value is -2.86. The molecule has 0 saturated heterocycles. The lowest BCUT2D eigenvalue weighted by molar-refractivity contribution is 0.327. The van der Waals surface area contributed by atoms with Crippen LogP contribution in [0.5, 0.6) is 5.75 Å². The van der Waals surface area contributed by atoms with Gasteiger partial charge >= 0.3 is 0 Å². The first kappa shape index (κ1) is 14.7. The van der Waals surface area contributed by atoms with Gasteiger partial charge in [-0.3, -0.25) is 5.10 Å². The number of anilines is 1. The number of pyridine rings is 1. The summed E-state index contributed by atoms with van der Waals surface area (Å²) in [7, 11) is 0. The van der Waals surface area contributed by atoms with E-state index in [0.29, 0.717) is 12.4 Å². The van der Waals surface area contributed by atoms with Crippen molar-refractivity contribution < 1.29 is 4.74 Å². The Labute approximate surface area is 143 Å². The van der Waals surface area contributed by atoms with Crippen LogP contribution in [0.25, 0.3) is 22.2 Å². The normalized spacial score (nSPS) is 11.0. The topological polar surface area (TPSA) is 76.8 Å². The van der Waals surface area contributed by atoms with Crippen molar-refractivity contribution >= 4 is 28.1 Å². The fourth-order valence-electron chi connectivity index (χ4n) is 2.70. The Morgan fingerprint density at radius 3 is 2.88 bits per heavy atom. The summed E-state index contributed by atoms with van der Waals surface area (Å²) in [6.07, 6.45) is 2.61. The molecule has 0 aliphatic carbocycles. The zero-order chi connectivity index (χ0) is 16.4. The summed E-state index contributed by atoms with van der Waals surface area (Å²) < 4.78 is 6.16. The minimum Gasteiger partial charge on any atom is -0.492 e. The molecule has 3 aromatic heterocycles. The van der Waals surface area contributed by atoms with Crippen LogP contribution in [0.4, 0.5) is 5.82 Å². The minimum atomic E-state index is 0.423. The molecule has 24 heavy (non-hydrogen) atoms. The SMILES string of the molecule is Nc1nc2ccccc2c(OCCc2ccsc2)c1-c1cc[nH]n1. The molecule has 6 heteroatoms. The van der Waals surface area contributed by atoms with Crippen LogP contribution in [0.1, 0.15) is 5.56 Å². The summed E-state index contributed by atoms with van der Waals surface area (Å²) in [6, 6.07) is 11.8.